The van der Waals surface area contributed by atoms with Gasteiger partial charge in [-0.3, -0.25) is 9.59 Å². The summed E-state index contributed by atoms with van der Waals surface area (Å²) in [6, 6.07) is 6.51. The quantitative estimate of drug-likeness (QED) is 0.770. The van der Waals surface area contributed by atoms with Crippen molar-refractivity contribution in [1.82, 2.24) is 10.3 Å². The molecule has 1 aromatic carbocycles. The number of hydrogen-bond donors (Lipinski definition) is 3. The van der Waals surface area contributed by atoms with Crippen molar-refractivity contribution in [3.8, 4) is 0 Å². The molecule has 0 saturated heterocycles. The molecule has 5 heteroatoms. The molecule has 0 spiro atoms. The average molecular weight is 246 g/mol. The van der Waals surface area contributed by atoms with E-state index in [2.05, 4.69) is 10.3 Å². The predicted molar refractivity (Wildman–Crippen MR) is 67.6 cm³/mol. The Labute approximate surface area is 104 Å². The topological polar surface area (TPSA) is 82.2 Å². The first-order chi connectivity index (χ1) is 8.50. The lowest BCUT2D eigenvalue weighted by atomic mass is 10.1. The van der Waals surface area contributed by atoms with E-state index >= 15 is 0 Å². The number of carbonyl (C=O) groups is 2. The van der Waals surface area contributed by atoms with Gasteiger partial charge in [0.25, 0.3) is 5.91 Å². The molecule has 18 heavy (non-hydrogen) atoms. The summed E-state index contributed by atoms with van der Waals surface area (Å²) in [6.07, 6.45) is 0. The molecule has 5 nitrogen and oxygen atoms in total. The molecule has 1 aromatic heterocycles. The second kappa shape index (κ2) is 4.52. The predicted octanol–water partition coefficient (Wildman–Crippen LogP) is 1.68. The first-order valence-corrected chi connectivity index (χ1v) is 5.61. The molecule has 0 aliphatic carbocycles. The van der Waals surface area contributed by atoms with Crippen LogP contribution >= 0.6 is 0 Å². The standard InChI is InChI=1S/C13H14N2O3/c1-7-11(12(16)15-8(2)13(17)18)9-5-3-4-6-10(9)14-7/h3-6,8,14H,1-2H3,(H,15,16)(H,17,18)/t8-/m1/s1. The number of H-pyrrole nitrogens is 1. The summed E-state index contributed by atoms with van der Waals surface area (Å²) in [5, 5.41) is 12.0. The molecule has 1 amide bonds. The Morgan fingerprint density at radius 3 is 2.67 bits per heavy atom. The Morgan fingerprint density at radius 2 is 2.00 bits per heavy atom. The Kier molecular flexibility index (Phi) is 3.06. The number of benzene rings is 1. The van der Waals surface area contributed by atoms with Gasteiger partial charge in [0, 0.05) is 16.6 Å². The van der Waals surface area contributed by atoms with Crippen LogP contribution in [0, 0.1) is 6.92 Å². The van der Waals surface area contributed by atoms with Crippen molar-refractivity contribution in [2.24, 2.45) is 0 Å². The number of hydrogen-bond acceptors (Lipinski definition) is 2. The minimum Gasteiger partial charge on any atom is -0.480 e. The number of nitrogens with one attached hydrogen (secondary N) is 2. The van der Waals surface area contributed by atoms with Gasteiger partial charge in [-0.2, -0.15) is 0 Å². The van der Waals surface area contributed by atoms with E-state index in [4.69, 9.17) is 5.11 Å². The second-order valence-electron chi connectivity index (χ2n) is 4.20. The van der Waals surface area contributed by atoms with Crippen molar-refractivity contribution < 1.29 is 14.7 Å². The van der Waals surface area contributed by atoms with Crippen LogP contribution in [0.15, 0.2) is 24.3 Å². The van der Waals surface area contributed by atoms with Crippen LogP contribution in [0.25, 0.3) is 10.9 Å². The van der Waals surface area contributed by atoms with Crippen molar-refractivity contribution >= 4 is 22.8 Å². The zero-order chi connectivity index (χ0) is 13.3. The number of aryl methyl sites for hydroxylation is 1. The number of fused-ring (bicyclic) bond motifs is 1. The van der Waals surface area contributed by atoms with Gasteiger partial charge in [-0.25, -0.2) is 0 Å². The lowest BCUT2D eigenvalue weighted by Crippen LogP contribution is -2.38. The van der Waals surface area contributed by atoms with Gasteiger partial charge in [0.05, 0.1) is 5.56 Å². The fraction of sp³-hybridized carbons (Fsp3) is 0.231. The number of aromatic nitrogens is 1. The third-order valence-electron chi connectivity index (χ3n) is 2.84. The highest BCUT2D eigenvalue weighted by Crippen LogP contribution is 2.21. The summed E-state index contributed by atoms with van der Waals surface area (Å²) in [6.45, 7) is 3.23. The molecular weight excluding hydrogens is 232 g/mol. The summed E-state index contributed by atoms with van der Waals surface area (Å²) in [4.78, 5) is 25.9. The molecule has 94 valence electrons. The number of para-hydroxylation sites is 1. The SMILES string of the molecule is Cc1[nH]c2ccccc2c1C(=O)N[C@H](C)C(=O)O. The Balaban J connectivity index is 2.39. The molecule has 3 N–H and O–H groups in total. The van der Waals surface area contributed by atoms with Crippen LogP contribution < -0.4 is 5.32 Å². The highest BCUT2D eigenvalue weighted by Gasteiger charge is 2.19. The number of aromatic amines is 1. The van der Waals surface area contributed by atoms with Gasteiger partial charge >= 0.3 is 5.97 Å². The van der Waals surface area contributed by atoms with Gasteiger partial charge in [0.2, 0.25) is 0 Å². The maximum absolute atomic E-state index is 12.1. The van der Waals surface area contributed by atoms with E-state index in [1.165, 1.54) is 6.92 Å². The van der Waals surface area contributed by atoms with Crippen molar-refractivity contribution in [3.63, 3.8) is 0 Å². The first kappa shape index (κ1) is 12.2. The summed E-state index contributed by atoms with van der Waals surface area (Å²) in [5.74, 6) is -1.43. The lowest BCUT2D eigenvalue weighted by molar-refractivity contribution is -0.138. The maximum atomic E-state index is 12.1. The van der Waals surface area contributed by atoms with E-state index in [-0.39, 0.29) is 5.91 Å². The van der Waals surface area contributed by atoms with E-state index in [1.54, 1.807) is 6.92 Å². The van der Waals surface area contributed by atoms with E-state index in [0.717, 1.165) is 16.6 Å². The third kappa shape index (κ3) is 2.07. The molecule has 0 saturated carbocycles. The molecule has 2 rings (SSSR count). The molecule has 1 atom stereocenters. The highest BCUT2D eigenvalue weighted by molar-refractivity contribution is 6.08. The summed E-state index contributed by atoms with van der Waals surface area (Å²) < 4.78 is 0. The van der Waals surface area contributed by atoms with Gasteiger partial charge in [-0.15, -0.1) is 0 Å². The summed E-state index contributed by atoms with van der Waals surface area (Å²) in [7, 11) is 0. The fourth-order valence-corrected chi connectivity index (χ4v) is 1.90. The summed E-state index contributed by atoms with van der Waals surface area (Å²) >= 11 is 0. The van der Waals surface area contributed by atoms with Gasteiger partial charge < -0.3 is 15.4 Å². The maximum Gasteiger partial charge on any atom is 0.325 e. The first-order valence-electron chi connectivity index (χ1n) is 5.61. The number of carboxylic acid groups (broad SMARTS) is 1. The largest absolute Gasteiger partial charge is 0.480 e. The Morgan fingerprint density at radius 1 is 1.33 bits per heavy atom. The zero-order valence-corrected chi connectivity index (χ0v) is 10.2. The van der Waals surface area contributed by atoms with Crippen LogP contribution in [0.2, 0.25) is 0 Å². The van der Waals surface area contributed by atoms with Crippen molar-refractivity contribution in [2.45, 2.75) is 19.9 Å². The fourth-order valence-electron chi connectivity index (χ4n) is 1.90. The smallest absolute Gasteiger partial charge is 0.325 e. The van der Waals surface area contributed by atoms with E-state index in [0.29, 0.717) is 5.56 Å². The highest BCUT2D eigenvalue weighted by atomic mass is 16.4. The Hall–Kier alpha value is -2.30. The van der Waals surface area contributed by atoms with E-state index < -0.39 is 12.0 Å². The molecule has 0 bridgehead atoms. The molecule has 0 aliphatic heterocycles. The van der Waals surface area contributed by atoms with Crippen LogP contribution in [-0.2, 0) is 4.79 Å². The molecule has 0 unspecified atom stereocenters. The van der Waals surface area contributed by atoms with Crippen LogP contribution in [0.3, 0.4) is 0 Å². The lowest BCUT2D eigenvalue weighted by Gasteiger charge is -2.09. The monoisotopic (exact) mass is 246 g/mol. The minimum atomic E-state index is -1.05. The minimum absolute atomic E-state index is 0.375. The van der Waals surface area contributed by atoms with E-state index in [1.807, 2.05) is 24.3 Å². The summed E-state index contributed by atoms with van der Waals surface area (Å²) in [5.41, 5.74) is 2.09. The van der Waals surface area contributed by atoms with Gasteiger partial charge in [-0.1, -0.05) is 18.2 Å². The second-order valence-corrected chi connectivity index (χ2v) is 4.20. The van der Waals surface area contributed by atoms with Gasteiger partial charge in [0.15, 0.2) is 0 Å². The molecular formula is C13H14N2O3. The number of carbonyl (C=O) groups excluding carboxylic acids is 1. The third-order valence-corrected chi connectivity index (χ3v) is 2.84. The van der Waals surface area contributed by atoms with Crippen molar-refractivity contribution in [3.05, 3.63) is 35.5 Å². The molecule has 1 heterocycles. The Bertz CT molecular complexity index is 616. The number of carboxylic acids is 1. The van der Waals surface area contributed by atoms with E-state index in [9.17, 15) is 9.59 Å². The average Bonchev–Trinajstić information content (AvgIpc) is 2.64. The van der Waals surface area contributed by atoms with Crippen LogP contribution in [0.4, 0.5) is 0 Å². The van der Waals surface area contributed by atoms with Crippen molar-refractivity contribution in [2.75, 3.05) is 0 Å². The normalized spacial score (nSPS) is 12.3. The van der Waals surface area contributed by atoms with Crippen LogP contribution in [-0.4, -0.2) is 28.0 Å². The molecule has 2 aromatic rings. The molecule has 0 aliphatic rings. The number of amides is 1. The van der Waals surface area contributed by atoms with Gasteiger partial charge in [0.1, 0.15) is 6.04 Å². The molecule has 0 fully saturated rings. The van der Waals surface area contributed by atoms with Crippen molar-refractivity contribution in [1.29, 1.82) is 0 Å². The number of aliphatic carboxylic acids is 1. The van der Waals surface area contributed by atoms with Gasteiger partial charge in [-0.05, 0) is 19.9 Å². The van der Waals surface area contributed by atoms with Crippen LogP contribution in [0.5, 0.6) is 0 Å². The number of rotatable bonds is 3. The van der Waals surface area contributed by atoms with Crippen LogP contribution in [0.1, 0.15) is 23.0 Å². The molecule has 0 radical (unpaired) electrons. The zero-order valence-electron chi connectivity index (χ0n) is 10.2.